The third-order valence-corrected chi connectivity index (χ3v) is 2.52. The molecule has 0 aliphatic carbocycles. The number of nitrogens with zero attached hydrogens (tertiary/aromatic N) is 2. The fourth-order valence-corrected chi connectivity index (χ4v) is 1.63. The predicted molar refractivity (Wildman–Crippen MR) is 70.7 cm³/mol. The van der Waals surface area contributed by atoms with E-state index in [1.165, 1.54) is 0 Å². The van der Waals surface area contributed by atoms with Crippen molar-refractivity contribution in [2.24, 2.45) is 0 Å². The molecule has 0 spiro atoms. The highest BCUT2D eigenvalue weighted by Gasteiger charge is 2.14. The zero-order valence-corrected chi connectivity index (χ0v) is 11.3. The average molecular weight is 253 g/mol. The quantitative estimate of drug-likeness (QED) is 0.884. The van der Waals surface area contributed by atoms with E-state index >= 15 is 0 Å². The van der Waals surface area contributed by atoms with Crippen molar-refractivity contribution < 1.29 is 9.47 Å². The van der Waals surface area contributed by atoms with E-state index in [9.17, 15) is 0 Å². The Hall–Kier alpha value is -1.20. The van der Waals surface area contributed by atoms with Crippen LogP contribution in [0.5, 0.6) is 5.88 Å². The van der Waals surface area contributed by atoms with Crippen LogP contribution >= 0.6 is 0 Å². The van der Waals surface area contributed by atoms with Gasteiger partial charge in [0.15, 0.2) is 0 Å². The number of piperidine rings is 1. The van der Waals surface area contributed by atoms with E-state index in [4.69, 9.17) is 9.47 Å². The second kappa shape index (κ2) is 9.79. The van der Waals surface area contributed by atoms with Crippen LogP contribution in [0.2, 0.25) is 0 Å². The molecule has 0 radical (unpaired) electrons. The number of hydrogen-bond acceptors (Lipinski definition) is 5. The van der Waals surface area contributed by atoms with Gasteiger partial charge >= 0.3 is 0 Å². The Morgan fingerprint density at radius 1 is 1.22 bits per heavy atom. The van der Waals surface area contributed by atoms with Gasteiger partial charge in [0.25, 0.3) is 0 Å². The zero-order valence-electron chi connectivity index (χ0n) is 11.3. The Kier molecular flexibility index (Phi) is 8.08. The van der Waals surface area contributed by atoms with Gasteiger partial charge in [0, 0.05) is 25.6 Å². The van der Waals surface area contributed by atoms with Crippen LogP contribution in [0.4, 0.5) is 0 Å². The Balaban J connectivity index is 0.000000280. The molecular formula is C13H23N3O2. The summed E-state index contributed by atoms with van der Waals surface area (Å²) in [6, 6.07) is 0. The number of aromatic nitrogens is 2. The van der Waals surface area contributed by atoms with E-state index in [0.29, 0.717) is 12.0 Å². The van der Waals surface area contributed by atoms with Gasteiger partial charge in [-0.15, -0.1) is 0 Å². The molecule has 1 aromatic rings. The number of rotatable bonds is 4. The second-order valence-electron chi connectivity index (χ2n) is 3.89. The molecule has 2 rings (SSSR count). The van der Waals surface area contributed by atoms with Crippen molar-refractivity contribution in [3.05, 3.63) is 18.6 Å². The van der Waals surface area contributed by atoms with Crippen LogP contribution < -0.4 is 10.1 Å². The molecule has 0 saturated carbocycles. The molecule has 5 heteroatoms. The normalized spacial score (nSPS) is 15.7. The highest BCUT2D eigenvalue weighted by molar-refractivity contribution is 5.02. The summed E-state index contributed by atoms with van der Waals surface area (Å²) in [4.78, 5) is 8.01. The van der Waals surface area contributed by atoms with E-state index in [1.54, 1.807) is 18.6 Å². The maximum Gasteiger partial charge on any atom is 0.232 e. The Morgan fingerprint density at radius 2 is 1.94 bits per heavy atom. The third-order valence-electron chi connectivity index (χ3n) is 2.52. The SMILES string of the molecule is CCOCC.c1cnc(OC2CCNCC2)cn1. The third kappa shape index (κ3) is 6.51. The Morgan fingerprint density at radius 3 is 2.44 bits per heavy atom. The summed E-state index contributed by atoms with van der Waals surface area (Å²) < 4.78 is 10.5. The van der Waals surface area contributed by atoms with Crippen LogP contribution in [-0.2, 0) is 4.74 Å². The number of hydrogen-bond donors (Lipinski definition) is 1. The van der Waals surface area contributed by atoms with Gasteiger partial charge in [-0.1, -0.05) is 0 Å². The van der Waals surface area contributed by atoms with E-state index < -0.39 is 0 Å². The summed E-state index contributed by atoms with van der Waals surface area (Å²) in [5.74, 6) is 0.634. The standard InChI is InChI=1S/C9H13N3O.C4H10O/c1-3-10-4-2-8(1)13-9-7-11-5-6-12-9;1-3-5-4-2/h5-8,10H,1-4H2;3-4H2,1-2H3. The minimum absolute atomic E-state index is 0.304. The molecule has 1 fully saturated rings. The maximum atomic E-state index is 5.64. The van der Waals surface area contributed by atoms with Crippen molar-refractivity contribution >= 4 is 0 Å². The topological polar surface area (TPSA) is 56.3 Å². The van der Waals surface area contributed by atoms with Crippen LogP contribution in [0.3, 0.4) is 0 Å². The summed E-state index contributed by atoms with van der Waals surface area (Å²) in [5, 5.41) is 3.28. The van der Waals surface area contributed by atoms with Crippen molar-refractivity contribution in [3.63, 3.8) is 0 Å². The summed E-state index contributed by atoms with van der Waals surface area (Å²) in [6.07, 6.45) is 7.36. The smallest absolute Gasteiger partial charge is 0.232 e. The first kappa shape index (κ1) is 14.9. The molecule has 0 unspecified atom stereocenters. The number of ether oxygens (including phenoxy) is 2. The minimum atomic E-state index is 0.304. The lowest BCUT2D eigenvalue weighted by atomic mass is 10.1. The summed E-state index contributed by atoms with van der Waals surface area (Å²) in [6.45, 7) is 7.73. The molecule has 0 aromatic carbocycles. The van der Waals surface area contributed by atoms with Crippen molar-refractivity contribution in [2.45, 2.75) is 32.8 Å². The average Bonchev–Trinajstić information content (AvgIpc) is 2.43. The van der Waals surface area contributed by atoms with E-state index in [2.05, 4.69) is 15.3 Å². The van der Waals surface area contributed by atoms with Crippen LogP contribution in [0.25, 0.3) is 0 Å². The van der Waals surface area contributed by atoms with Gasteiger partial charge in [-0.25, -0.2) is 4.98 Å². The molecule has 0 amide bonds. The molecular weight excluding hydrogens is 230 g/mol. The van der Waals surface area contributed by atoms with Gasteiger partial charge in [0.1, 0.15) is 6.10 Å². The van der Waals surface area contributed by atoms with Crippen LogP contribution in [0, 0.1) is 0 Å². The highest BCUT2D eigenvalue weighted by atomic mass is 16.5. The lowest BCUT2D eigenvalue weighted by Gasteiger charge is -2.22. The summed E-state index contributed by atoms with van der Waals surface area (Å²) >= 11 is 0. The van der Waals surface area contributed by atoms with Gasteiger partial charge in [-0.05, 0) is 39.8 Å². The highest BCUT2D eigenvalue weighted by Crippen LogP contribution is 2.11. The first-order valence-electron chi connectivity index (χ1n) is 6.58. The molecule has 2 heterocycles. The van der Waals surface area contributed by atoms with Gasteiger partial charge in [0.05, 0.1) is 6.20 Å². The van der Waals surface area contributed by atoms with E-state index in [-0.39, 0.29) is 0 Å². The molecule has 0 atom stereocenters. The molecule has 5 nitrogen and oxygen atoms in total. The molecule has 1 aliphatic heterocycles. The Labute approximate surface area is 109 Å². The molecule has 0 bridgehead atoms. The van der Waals surface area contributed by atoms with Gasteiger partial charge in [0.2, 0.25) is 5.88 Å². The molecule has 1 N–H and O–H groups in total. The van der Waals surface area contributed by atoms with Crippen molar-refractivity contribution in [1.29, 1.82) is 0 Å². The molecule has 1 aromatic heterocycles. The molecule has 1 aliphatic rings. The zero-order chi connectivity index (χ0) is 13.1. The van der Waals surface area contributed by atoms with Crippen molar-refractivity contribution in [2.75, 3.05) is 26.3 Å². The van der Waals surface area contributed by atoms with E-state index in [1.807, 2.05) is 13.8 Å². The molecule has 102 valence electrons. The minimum Gasteiger partial charge on any atom is -0.473 e. The van der Waals surface area contributed by atoms with Crippen molar-refractivity contribution in [1.82, 2.24) is 15.3 Å². The monoisotopic (exact) mass is 253 g/mol. The lowest BCUT2D eigenvalue weighted by Crippen LogP contribution is -2.34. The molecule has 18 heavy (non-hydrogen) atoms. The van der Waals surface area contributed by atoms with Gasteiger partial charge in [-0.2, -0.15) is 0 Å². The number of nitrogens with one attached hydrogen (secondary N) is 1. The Bertz CT molecular complexity index is 288. The molecule has 1 saturated heterocycles. The second-order valence-corrected chi connectivity index (χ2v) is 3.89. The van der Waals surface area contributed by atoms with Crippen LogP contribution in [0.1, 0.15) is 26.7 Å². The van der Waals surface area contributed by atoms with Gasteiger partial charge in [-0.3, -0.25) is 4.98 Å². The summed E-state index contributed by atoms with van der Waals surface area (Å²) in [5.41, 5.74) is 0. The first-order chi connectivity index (χ1) is 8.86. The lowest BCUT2D eigenvalue weighted by molar-refractivity contribution is 0.155. The first-order valence-corrected chi connectivity index (χ1v) is 6.58. The van der Waals surface area contributed by atoms with E-state index in [0.717, 1.165) is 39.1 Å². The van der Waals surface area contributed by atoms with Gasteiger partial charge < -0.3 is 14.8 Å². The van der Waals surface area contributed by atoms with Crippen LogP contribution in [0.15, 0.2) is 18.6 Å². The fraction of sp³-hybridized carbons (Fsp3) is 0.692. The van der Waals surface area contributed by atoms with Crippen molar-refractivity contribution in [3.8, 4) is 5.88 Å². The largest absolute Gasteiger partial charge is 0.473 e. The fourth-order valence-electron chi connectivity index (χ4n) is 1.63. The van der Waals surface area contributed by atoms with Crippen LogP contribution in [-0.4, -0.2) is 42.4 Å². The summed E-state index contributed by atoms with van der Waals surface area (Å²) in [7, 11) is 0. The predicted octanol–water partition coefficient (Wildman–Crippen LogP) is 1.65. The maximum absolute atomic E-state index is 5.64.